The zero-order chi connectivity index (χ0) is 15.3. The number of unbranched alkanes of at least 4 members (excludes halogenated alkanes) is 2. The molecule has 1 unspecified atom stereocenters. The molecule has 0 aromatic carbocycles. The molecule has 0 N–H and O–H groups in total. The van der Waals surface area contributed by atoms with Gasteiger partial charge in [-0.25, -0.2) is 0 Å². The summed E-state index contributed by atoms with van der Waals surface area (Å²) in [5, 5.41) is 0. The van der Waals surface area contributed by atoms with Crippen molar-refractivity contribution in [1.29, 1.82) is 0 Å². The fourth-order valence-electron chi connectivity index (χ4n) is 3.13. The van der Waals surface area contributed by atoms with Crippen molar-refractivity contribution in [3.63, 3.8) is 0 Å². The Morgan fingerprint density at radius 2 is 1.52 bits per heavy atom. The Kier molecular flexibility index (Phi) is 10.9. The average molecular weight is 315 g/mol. The molecule has 0 bridgehead atoms. The van der Waals surface area contributed by atoms with E-state index >= 15 is 0 Å². The molecule has 1 aliphatic rings. The Morgan fingerprint density at radius 1 is 0.905 bits per heavy atom. The normalized spacial score (nSPS) is 22.3. The van der Waals surface area contributed by atoms with Crippen molar-refractivity contribution >= 4 is 23.2 Å². The lowest BCUT2D eigenvalue weighted by molar-refractivity contribution is -0.133. The molecule has 0 spiro atoms. The molecule has 0 aliphatic heterocycles. The van der Waals surface area contributed by atoms with E-state index in [9.17, 15) is 9.59 Å². The summed E-state index contributed by atoms with van der Waals surface area (Å²) in [6.07, 6.45) is 14.2. The van der Waals surface area contributed by atoms with Crippen LogP contribution in [-0.2, 0) is 9.59 Å². The molecule has 2 nitrogen and oxygen atoms in total. The van der Waals surface area contributed by atoms with E-state index < -0.39 is 0 Å². The molecule has 1 aliphatic carbocycles. The summed E-state index contributed by atoms with van der Waals surface area (Å²) in [6, 6.07) is 0. The molecule has 0 amide bonds. The van der Waals surface area contributed by atoms with Crippen LogP contribution in [0, 0.1) is 5.92 Å². The summed E-state index contributed by atoms with van der Waals surface area (Å²) in [5.41, 5.74) is 0. The topological polar surface area (TPSA) is 34.1 Å². The van der Waals surface area contributed by atoms with Crippen molar-refractivity contribution in [2.24, 2.45) is 5.92 Å². The average Bonchev–Trinajstić information content (AvgIpc) is 2.47. The number of alkyl halides is 1. The third-order valence-electron chi connectivity index (χ3n) is 4.50. The van der Waals surface area contributed by atoms with Crippen LogP contribution in [0.25, 0.3) is 0 Å². The first kappa shape index (κ1) is 18.7. The standard InChI is InChI=1S/C18H31ClO2/c19-15-11-7-10-14-18(21)16-12-8-5-3-1-2-4-6-9-13-17(16)20/h16H,1-15H2. The highest BCUT2D eigenvalue weighted by Crippen LogP contribution is 2.21. The van der Waals surface area contributed by atoms with Crippen molar-refractivity contribution in [2.45, 2.75) is 89.9 Å². The highest BCUT2D eigenvalue weighted by Gasteiger charge is 2.24. The second-order valence-corrected chi connectivity index (χ2v) is 6.73. The van der Waals surface area contributed by atoms with Crippen LogP contribution in [0.4, 0.5) is 0 Å². The maximum Gasteiger partial charge on any atom is 0.143 e. The fraction of sp³-hybridized carbons (Fsp3) is 0.889. The van der Waals surface area contributed by atoms with Gasteiger partial charge in [-0.05, 0) is 25.7 Å². The summed E-state index contributed by atoms with van der Waals surface area (Å²) in [7, 11) is 0. The SMILES string of the molecule is O=C(CCCCCCl)C1CCCCCCCCCCC1=O. The molecular weight excluding hydrogens is 284 g/mol. The smallest absolute Gasteiger partial charge is 0.143 e. The quantitative estimate of drug-likeness (QED) is 0.371. The van der Waals surface area contributed by atoms with E-state index in [-0.39, 0.29) is 17.5 Å². The third-order valence-corrected chi connectivity index (χ3v) is 4.77. The van der Waals surface area contributed by atoms with Crippen molar-refractivity contribution < 1.29 is 9.59 Å². The Bertz CT molecular complexity index is 302. The number of rotatable bonds is 6. The molecule has 21 heavy (non-hydrogen) atoms. The summed E-state index contributed by atoms with van der Waals surface area (Å²) in [6.45, 7) is 0. The fourth-order valence-corrected chi connectivity index (χ4v) is 3.32. The van der Waals surface area contributed by atoms with Crippen LogP contribution in [0.1, 0.15) is 89.9 Å². The lowest BCUT2D eigenvalue weighted by atomic mass is 9.87. The Labute approximate surface area is 135 Å². The molecule has 1 fully saturated rings. The Balaban J connectivity index is 2.43. The molecule has 0 saturated heterocycles. The maximum atomic E-state index is 12.3. The highest BCUT2D eigenvalue weighted by atomic mass is 35.5. The van der Waals surface area contributed by atoms with E-state index in [4.69, 9.17) is 11.6 Å². The number of hydrogen-bond donors (Lipinski definition) is 0. The highest BCUT2D eigenvalue weighted by molar-refractivity contribution is 6.17. The van der Waals surface area contributed by atoms with E-state index in [1.165, 1.54) is 32.1 Å². The first-order valence-electron chi connectivity index (χ1n) is 8.87. The van der Waals surface area contributed by atoms with Gasteiger partial charge in [-0.3, -0.25) is 9.59 Å². The molecule has 0 aromatic heterocycles. The number of hydrogen-bond acceptors (Lipinski definition) is 2. The number of carbonyl (C=O) groups is 2. The van der Waals surface area contributed by atoms with Gasteiger partial charge >= 0.3 is 0 Å². The largest absolute Gasteiger partial charge is 0.299 e. The number of ketones is 2. The van der Waals surface area contributed by atoms with Gasteiger partial charge in [0.25, 0.3) is 0 Å². The number of Topliss-reactive ketones (excluding diaryl/α,β-unsaturated/α-hetero) is 2. The molecule has 0 aromatic rings. The van der Waals surface area contributed by atoms with Crippen LogP contribution < -0.4 is 0 Å². The molecule has 1 rings (SSSR count). The summed E-state index contributed by atoms with van der Waals surface area (Å²) < 4.78 is 0. The lowest BCUT2D eigenvalue weighted by Crippen LogP contribution is -2.24. The second-order valence-electron chi connectivity index (χ2n) is 6.35. The minimum absolute atomic E-state index is 0.187. The van der Waals surface area contributed by atoms with Gasteiger partial charge in [-0.2, -0.15) is 0 Å². The summed E-state index contributed by atoms with van der Waals surface area (Å²) in [5.74, 6) is 0.751. The van der Waals surface area contributed by atoms with Gasteiger partial charge in [0, 0.05) is 18.7 Å². The minimum Gasteiger partial charge on any atom is -0.299 e. The van der Waals surface area contributed by atoms with Crippen molar-refractivity contribution in [2.75, 3.05) is 5.88 Å². The first-order valence-corrected chi connectivity index (χ1v) is 9.40. The second kappa shape index (κ2) is 12.2. The molecular formula is C18H31ClO2. The van der Waals surface area contributed by atoms with Gasteiger partial charge in [-0.15, -0.1) is 11.6 Å². The maximum absolute atomic E-state index is 12.3. The van der Waals surface area contributed by atoms with Gasteiger partial charge < -0.3 is 0 Å². The zero-order valence-corrected chi connectivity index (χ0v) is 14.1. The van der Waals surface area contributed by atoms with Gasteiger partial charge in [0.05, 0.1) is 5.92 Å². The van der Waals surface area contributed by atoms with Crippen LogP contribution in [0.2, 0.25) is 0 Å². The van der Waals surface area contributed by atoms with Gasteiger partial charge in [-0.1, -0.05) is 51.4 Å². The van der Waals surface area contributed by atoms with Crippen LogP contribution in [0.15, 0.2) is 0 Å². The van der Waals surface area contributed by atoms with E-state index in [2.05, 4.69) is 0 Å². The predicted molar refractivity (Wildman–Crippen MR) is 88.9 cm³/mol. The molecule has 122 valence electrons. The van der Waals surface area contributed by atoms with E-state index in [1.807, 2.05) is 0 Å². The summed E-state index contributed by atoms with van der Waals surface area (Å²) >= 11 is 5.65. The minimum atomic E-state index is -0.305. The van der Waals surface area contributed by atoms with Crippen LogP contribution >= 0.6 is 11.6 Å². The molecule has 0 heterocycles. The molecule has 1 atom stereocenters. The Morgan fingerprint density at radius 3 is 2.19 bits per heavy atom. The monoisotopic (exact) mass is 314 g/mol. The van der Waals surface area contributed by atoms with Crippen LogP contribution in [0.5, 0.6) is 0 Å². The lowest BCUT2D eigenvalue weighted by Gasteiger charge is -2.16. The van der Waals surface area contributed by atoms with Crippen LogP contribution in [0.3, 0.4) is 0 Å². The number of halogens is 1. The first-order chi connectivity index (χ1) is 10.3. The van der Waals surface area contributed by atoms with Gasteiger partial charge in [0.15, 0.2) is 0 Å². The van der Waals surface area contributed by atoms with Crippen molar-refractivity contribution in [3.05, 3.63) is 0 Å². The molecule has 3 heteroatoms. The van der Waals surface area contributed by atoms with E-state index in [0.29, 0.717) is 18.7 Å². The summed E-state index contributed by atoms with van der Waals surface area (Å²) in [4.78, 5) is 24.7. The van der Waals surface area contributed by atoms with Gasteiger partial charge in [0.2, 0.25) is 0 Å². The predicted octanol–water partition coefficient (Wildman–Crippen LogP) is 5.45. The number of carbonyl (C=O) groups excluding carboxylic acids is 2. The van der Waals surface area contributed by atoms with Gasteiger partial charge in [0.1, 0.15) is 11.6 Å². The third kappa shape index (κ3) is 8.60. The van der Waals surface area contributed by atoms with Crippen LogP contribution in [-0.4, -0.2) is 17.4 Å². The zero-order valence-electron chi connectivity index (χ0n) is 13.4. The van der Waals surface area contributed by atoms with E-state index in [1.54, 1.807) is 0 Å². The van der Waals surface area contributed by atoms with Crippen molar-refractivity contribution in [1.82, 2.24) is 0 Å². The van der Waals surface area contributed by atoms with E-state index in [0.717, 1.165) is 44.9 Å². The molecule has 1 saturated carbocycles. The molecule has 0 radical (unpaired) electrons. The Hall–Kier alpha value is -0.370. The van der Waals surface area contributed by atoms with Crippen molar-refractivity contribution in [3.8, 4) is 0 Å².